The first kappa shape index (κ1) is 15.0. The van der Waals surface area contributed by atoms with Gasteiger partial charge in [0.15, 0.2) is 5.78 Å². The summed E-state index contributed by atoms with van der Waals surface area (Å²) in [4.78, 5) is 12.1. The Balaban J connectivity index is 1.73. The molecule has 3 nitrogen and oxygen atoms in total. The van der Waals surface area contributed by atoms with Crippen molar-refractivity contribution in [2.24, 2.45) is 0 Å². The maximum atomic E-state index is 12.1. The van der Waals surface area contributed by atoms with E-state index in [9.17, 15) is 4.79 Å². The molecule has 116 valence electrons. The van der Waals surface area contributed by atoms with Crippen LogP contribution in [0.15, 0.2) is 30.6 Å². The van der Waals surface area contributed by atoms with Gasteiger partial charge in [-0.15, -0.1) is 0 Å². The van der Waals surface area contributed by atoms with E-state index in [0.29, 0.717) is 6.42 Å². The number of Topliss-reactive ketones (excluding diaryl/α,β-unsaturated/α-hetero) is 1. The molecule has 2 aromatic rings. The van der Waals surface area contributed by atoms with Crippen LogP contribution in [0.3, 0.4) is 0 Å². The van der Waals surface area contributed by atoms with Gasteiger partial charge in [-0.3, -0.25) is 9.48 Å². The maximum Gasteiger partial charge on any atom is 0.163 e. The minimum atomic E-state index is 0.287. The first-order chi connectivity index (χ1) is 10.8. The van der Waals surface area contributed by atoms with Gasteiger partial charge in [0.25, 0.3) is 0 Å². The molecule has 0 amide bonds. The highest BCUT2D eigenvalue weighted by molar-refractivity contribution is 5.99. The van der Waals surface area contributed by atoms with Crippen LogP contribution in [0.4, 0.5) is 0 Å². The molecule has 0 bridgehead atoms. The molecule has 0 aliphatic heterocycles. The van der Waals surface area contributed by atoms with E-state index in [2.05, 4.69) is 36.4 Å². The molecule has 0 unspecified atom stereocenters. The number of nitrogens with zero attached hydrogens (tertiary/aromatic N) is 2. The fourth-order valence-corrected chi connectivity index (χ4v) is 3.14. The van der Waals surface area contributed by atoms with Gasteiger partial charge in [-0.05, 0) is 36.5 Å². The van der Waals surface area contributed by atoms with Crippen molar-refractivity contribution in [3.8, 4) is 11.1 Å². The third kappa shape index (κ3) is 3.29. The van der Waals surface area contributed by atoms with Crippen LogP contribution in [-0.4, -0.2) is 15.6 Å². The molecule has 0 saturated heterocycles. The second-order valence-electron chi connectivity index (χ2n) is 6.20. The zero-order valence-electron chi connectivity index (χ0n) is 13.3. The SMILES string of the molecule is CCCCCCn1cc(-c2ccc3c(c2)C(=O)CCC3)cn1. The number of carbonyl (C=O) groups is 1. The van der Waals surface area contributed by atoms with Crippen molar-refractivity contribution in [3.63, 3.8) is 0 Å². The highest BCUT2D eigenvalue weighted by Crippen LogP contribution is 2.27. The number of rotatable bonds is 6. The van der Waals surface area contributed by atoms with Crippen LogP contribution in [0.1, 0.15) is 61.4 Å². The van der Waals surface area contributed by atoms with Gasteiger partial charge in [-0.2, -0.15) is 5.10 Å². The predicted octanol–water partition coefficient (Wildman–Crippen LogP) is 4.65. The molecule has 1 aromatic heterocycles. The topological polar surface area (TPSA) is 34.9 Å². The molecule has 1 aromatic carbocycles. The van der Waals surface area contributed by atoms with E-state index in [1.54, 1.807) is 0 Å². The van der Waals surface area contributed by atoms with Crippen LogP contribution >= 0.6 is 0 Å². The Morgan fingerprint density at radius 1 is 1.14 bits per heavy atom. The van der Waals surface area contributed by atoms with E-state index >= 15 is 0 Å². The van der Waals surface area contributed by atoms with E-state index in [-0.39, 0.29) is 5.78 Å². The summed E-state index contributed by atoms with van der Waals surface area (Å²) in [6.07, 6.45) is 11.7. The third-order valence-corrected chi connectivity index (χ3v) is 4.47. The fourth-order valence-electron chi connectivity index (χ4n) is 3.14. The Labute approximate surface area is 132 Å². The first-order valence-electron chi connectivity index (χ1n) is 8.47. The minimum Gasteiger partial charge on any atom is -0.294 e. The molecule has 22 heavy (non-hydrogen) atoms. The standard InChI is InChI=1S/C19H24N2O/c1-2-3-4-5-11-21-14-17(13-20-21)16-10-9-15-7-6-8-19(22)18(15)12-16/h9-10,12-14H,2-8,11H2,1H3. The Morgan fingerprint density at radius 2 is 2.05 bits per heavy atom. The summed E-state index contributed by atoms with van der Waals surface area (Å²) < 4.78 is 2.02. The number of hydrogen-bond donors (Lipinski definition) is 0. The largest absolute Gasteiger partial charge is 0.294 e. The van der Waals surface area contributed by atoms with E-state index in [1.807, 2.05) is 10.9 Å². The van der Waals surface area contributed by atoms with Gasteiger partial charge in [-0.25, -0.2) is 0 Å². The normalized spacial score (nSPS) is 14.1. The number of fused-ring (bicyclic) bond motifs is 1. The molecule has 0 fully saturated rings. The van der Waals surface area contributed by atoms with Gasteiger partial charge >= 0.3 is 0 Å². The first-order valence-corrected chi connectivity index (χ1v) is 8.47. The lowest BCUT2D eigenvalue weighted by molar-refractivity contribution is 0.0972. The highest BCUT2D eigenvalue weighted by Gasteiger charge is 2.17. The molecule has 0 radical (unpaired) electrons. The number of ketones is 1. The average Bonchev–Trinajstić information content (AvgIpc) is 3.01. The zero-order valence-corrected chi connectivity index (χ0v) is 13.3. The Kier molecular flexibility index (Phi) is 4.71. The molecule has 0 atom stereocenters. The highest BCUT2D eigenvalue weighted by atomic mass is 16.1. The number of carbonyl (C=O) groups excluding carboxylic acids is 1. The molecular formula is C19H24N2O. The maximum absolute atomic E-state index is 12.1. The number of aryl methyl sites for hydroxylation is 2. The summed E-state index contributed by atoms with van der Waals surface area (Å²) in [7, 11) is 0. The molecule has 1 heterocycles. The molecule has 3 rings (SSSR count). The molecule has 1 aliphatic carbocycles. The summed E-state index contributed by atoms with van der Waals surface area (Å²) in [6, 6.07) is 6.28. The second-order valence-corrected chi connectivity index (χ2v) is 6.20. The van der Waals surface area contributed by atoms with E-state index in [4.69, 9.17) is 0 Å². The summed E-state index contributed by atoms with van der Waals surface area (Å²) in [5.74, 6) is 0.287. The van der Waals surface area contributed by atoms with E-state index in [1.165, 1.54) is 31.2 Å². The van der Waals surface area contributed by atoms with Gasteiger partial charge in [0.05, 0.1) is 6.20 Å². The Morgan fingerprint density at radius 3 is 2.91 bits per heavy atom. The summed E-state index contributed by atoms with van der Waals surface area (Å²) in [5.41, 5.74) is 4.33. The van der Waals surface area contributed by atoms with Crippen molar-refractivity contribution >= 4 is 5.78 Å². The molecule has 0 N–H and O–H groups in total. The van der Waals surface area contributed by atoms with Crippen LogP contribution < -0.4 is 0 Å². The van der Waals surface area contributed by atoms with Crippen molar-refractivity contribution in [2.75, 3.05) is 0 Å². The van der Waals surface area contributed by atoms with Crippen LogP contribution in [-0.2, 0) is 13.0 Å². The smallest absolute Gasteiger partial charge is 0.163 e. The van der Waals surface area contributed by atoms with Crippen LogP contribution in [0.2, 0.25) is 0 Å². The zero-order chi connectivity index (χ0) is 15.4. The van der Waals surface area contributed by atoms with Crippen molar-refractivity contribution < 1.29 is 4.79 Å². The lowest BCUT2D eigenvalue weighted by Crippen LogP contribution is -2.10. The Hall–Kier alpha value is -1.90. The summed E-state index contributed by atoms with van der Waals surface area (Å²) in [6.45, 7) is 3.20. The van der Waals surface area contributed by atoms with Crippen molar-refractivity contribution in [3.05, 3.63) is 41.7 Å². The predicted molar refractivity (Wildman–Crippen MR) is 89.1 cm³/mol. The van der Waals surface area contributed by atoms with Gasteiger partial charge in [0.1, 0.15) is 0 Å². The van der Waals surface area contributed by atoms with Gasteiger partial charge in [-0.1, -0.05) is 38.3 Å². The lowest BCUT2D eigenvalue weighted by atomic mass is 9.88. The molecule has 0 saturated carbocycles. The Bertz CT molecular complexity index is 657. The number of benzene rings is 1. The van der Waals surface area contributed by atoms with Gasteiger partial charge in [0, 0.05) is 30.3 Å². The molecule has 3 heteroatoms. The van der Waals surface area contributed by atoms with Crippen molar-refractivity contribution in [2.45, 2.75) is 58.4 Å². The molecular weight excluding hydrogens is 272 g/mol. The number of aromatic nitrogens is 2. The van der Waals surface area contributed by atoms with Crippen LogP contribution in [0.25, 0.3) is 11.1 Å². The monoisotopic (exact) mass is 296 g/mol. The summed E-state index contributed by atoms with van der Waals surface area (Å²) in [5, 5.41) is 4.45. The minimum absolute atomic E-state index is 0.287. The van der Waals surface area contributed by atoms with Crippen molar-refractivity contribution in [1.82, 2.24) is 9.78 Å². The molecule has 1 aliphatic rings. The van der Waals surface area contributed by atoms with Gasteiger partial charge < -0.3 is 0 Å². The van der Waals surface area contributed by atoms with E-state index < -0.39 is 0 Å². The van der Waals surface area contributed by atoms with Crippen LogP contribution in [0, 0.1) is 0 Å². The second kappa shape index (κ2) is 6.91. The van der Waals surface area contributed by atoms with Gasteiger partial charge in [0.2, 0.25) is 0 Å². The molecule has 0 spiro atoms. The number of unbranched alkanes of at least 4 members (excludes halogenated alkanes) is 3. The average molecular weight is 296 g/mol. The van der Waals surface area contributed by atoms with E-state index in [0.717, 1.165) is 36.1 Å². The lowest BCUT2D eigenvalue weighted by Gasteiger charge is -2.15. The summed E-state index contributed by atoms with van der Waals surface area (Å²) >= 11 is 0. The number of hydrogen-bond acceptors (Lipinski definition) is 2. The quantitative estimate of drug-likeness (QED) is 0.727. The third-order valence-electron chi connectivity index (χ3n) is 4.47. The van der Waals surface area contributed by atoms with Crippen LogP contribution in [0.5, 0.6) is 0 Å². The fraction of sp³-hybridized carbons (Fsp3) is 0.474. The van der Waals surface area contributed by atoms with Crippen molar-refractivity contribution in [1.29, 1.82) is 0 Å².